The van der Waals surface area contributed by atoms with Crippen LogP contribution in [0.25, 0.3) is 0 Å². The van der Waals surface area contributed by atoms with Crippen molar-refractivity contribution in [2.45, 2.75) is 38.4 Å². The van der Waals surface area contributed by atoms with Crippen molar-refractivity contribution in [3.8, 4) is 0 Å². The molecule has 0 aliphatic heterocycles. The standard InChI is InChI=1S/C9H16F4O3/c1-6(2)16-4-7(14)3-15-5-9(12,13)8(10)11/h6-8,14H,3-5H2,1-2H3. The van der Waals surface area contributed by atoms with Gasteiger partial charge in [0.1, 0.15) is 12.7 Å². The summed E-state index contributed by atoms with van der Waals surface area (Å²) in [5.41, 5.74) is 0. The third-order valence-corrected chi connectivity index (χ3v) is 1.55. The molecule has 1 N–H and O–H groups in total. The van der Waals surface area contributed by atoms with Crippen molar-refractivity contribution in [3.05, 3.63) is 0 Å². The van der Waals surface area contributed by atoms with E-state index in [1.165, 1.54) is 0 Å². The largest absolute Gasteiger partial charge is 0.388 e. The Balaban J connectivity index is 3.65. The monoisotopic (exact) mass is 248 g/mol. The SMILES string of the molecule is CC(C)OCC(O)COCC(F)(F)C(F)F. The van der Waals surface area contributed by atoms with Crippen molar-refractivity contribution in [1.82, 2.24) is 0 Å². The number of aliphatic hydroxyl groups is 1. The molecule has 16 heavy (non-hydrogen) atoms. The zero-order valence-corrected chi connectivity index (χ0v) is 9.13. The molecule has 0 heterocycles. The minimum atomic E-state index is -4.18. The number of hydrogen-bond donors (Lipinski definition) is 1. The van der Waals surface area contributed by atoms with Crippen molar-refractivity contribution in [2.24, 2.45) is 0 Å². The number of alkyl halides is 4. The van der Waals surface area contributed by atoms with Crippen LogP contribution in [-0.2, 0) is 9.47 Å². The zero-order chi connectivity index (χ0) is 12.8. The Morgan fingerprint density at radius 2 is 1.75 bits per heavy atom. The first-order chi connectivity index (χ1) is 7.25. The van der Waals surface area contributed by atoms with Gasteiger partial charge in [-0.25, -0.2) is 8.78 Å². The van der Waals surface area contributed by atoms with E-state index in [0.717, 1.165) is 0 Å². The molecule has 0 spiro atoms. The highest BCUT2D eigenvalue weighted by molar-refractivity contribution is 4.68. The maximum atomic E-state index is 12.3. The van der Waals surface area contributed by atoms with Gasteiger partial charge in [-0.15, -0.1) is 0 Å². The Labute approximate surface area is 91.3 Å². The average Bonchev–Trinajstić information content (AvgIpc) is 2.14. The van der Waals surface area contributed by atoms with Crippen LogP contribution in [0.5, 0.6) is 0 Å². The van der Waals surface area contributed by atoms with E-state index in [1.54, 1.807) is 13.8 Å². The second-order valence-electron chi connectivity index (χ2n) is 3.61. The van der Waals surface area contributed by atoms with Gasteiger partial charge >= 0.3 is 12.3 Å². The molecule has 0 aromatic carbocycles. The molecular weight excluding hydrogens is 232 g/mol. The Kier molecular flexibility index (Phi) is 6.85. The highest BCUT2D eigenvalue weighted by atomic mass is 19.3. The van der Waals surface area contributed by atoms with E-state index in [2.05, 4.69) is 4.74 Å². The fourth-order valence-electron chi connectivity index (χ4n) is 0.746. The molecule has 7 heteroatoms. The van der Waals surface area contributed by atoms with Crippen molar-refractivity contribution in [2.75, 3.05) is 19.8 Å². The normalized spacial score (nSPS) is 14.8. The van der Waals surface area contributed by atoms with Gasteiger partial charge in [-0.2, -0.15) is 8.78 Å². The van der Waals surface area contributed by atoms with Crippen LogP contribution >= 0.6 is 0 Å². The molecule has 0 aromatic heterocycles. The fraction of sp³-hybridized carbons (Fsp3) is 1.00. The molecular formula is C9H16F4O3. The van der Waals surface area contributed by atoms with Crippen molar-refractivity contribution < 1.29 is 32.1 Å². The number of rotatable bonds is 8. The van der Waals surface area contributed by atoms with Crippen molar-refractivity contribution in [3.63, 3.8) is 0 Å². The highest BCUT2D eigenvalue weighted by Crippen LogP contribution is 2.22. The lowest BCUT2D eigenvalue weighted by molar-refractivity contribution is -0.172. The average molecular weight is 248 g/mol. The van der Waals surface area contributed by atoms with E-state index < -0.39 is 31.7 Å². The first kappa shape index (κ1) is 15.6. The van der Waals surface area contributed by atoms with Gasteiger partial charge in [-0.05, 0) is 13.8 Å². The molecule has 0 aliphatic rings. The summed E-state index contributed by atoms with van der Waals surface area (Å²) in [4.78, 5) is 0. The van der Waals surface area contributed by atoms with Crippen molar-refractivity contribution >= 4 is 0 Å². The zero-order valence-electron chi connectivity index (χ0n) is 9.13. The molecule has 0 saturated carbocycles. The Hall–Kier alpha value is -0.400. The first-order valence-corrected chi connectivity index (χ1v) is 4.79. The van der Waals surface area contributed by atoms with E-state index >= 15 is 0 Å². The molecule has 0 saturated heterocycles. The molecule has 1 unspecified atom stereocenters. The molecule has 0 radical (unpaired) electrons. The summed E-state index contributed by atoms with van der Waals surface area (Å²) in [6.45, 7) is 1.51. The smallest absolute Gasteiger partial charge is 0.330 e. The topological polar surface area (TPSA) is 38.7 Å². The van der Waals surface area contributed by atoms with Gasteiger partial charge in [0, 0.05) is 0 Å². The van der Waals surface area contributed by atoms with Gasteiger partial charge in [0.05, 0.1) is 19.3 Å². The van der Waals surface area contributed by atoms with Crippen LogP contribution in [-0.4, -0.2) is 49.5 Å². The third kappa shape index (κ3) is 6.97. The maximum Gasteiger partial charge on any atom is 0.330 e. The quantitative estimate of drug-likeness (QED) is 0.664. The molecule has 0 amide bonds. The summed E-state index contributed by atoms with van der Waals surface area (Å²) in [7, 11) is 0. The summed E-state index contributed by atoms with van der Waals surface area (Å²) in [5.74, 6) is -4.18. The maximum absolute atomic E-state index is 12.3. The van der Waals surface area contributed by atoms with E-state index in [0.29, 0.717) is 0 Å². The predicted molar refractivity (Wildman–Crippen MR) is 48.9 cm³/mol. The summed E-state index contributed by atoms with van der Waals surface area (Å²) < 4.78 is 57.3. The molecule has 0 bridgehead atoms. The second-order valence-corrected chi connectivity index (χ2v) is 3.61. The molecule has 98 valence electrons. The Bertz CT molecular complexity index is 188. The van der Waals surface area contributed by atoms with Gasteiger partial charge in [0.2, 0.25) is 0 Å². The first-order valence-electron chi connectivity index (χ1n) is 4.79. The van der Waals surface area contributed by atoms with Crippen LogP contribution in [0.3, 0.4) is 0 Å². The molecule has 0 aromatic rings. The number of ether oxygens (including phenoxy) is 2. The lowest BCUT2D eigenvalue weighted by atomic mass is 10.3. The molecule has 0 aliphatic carbocycles. The van der Waals surface area contributed by atoms with Gasteiger partial charge in [0.25, 0.3) is 0 Å². The lowest BCUT2D eigenvalue weighted by Gasteiger charge is -2.17. The van der Waals surface area contributed by atoms with Crippen LogP contribution in [0, 0.1) is 0 Å². The van der Waals surface area contributed by atoms with Crippen LogP contribution < -0.4 is 0 Å². The number of hydrogen-bond acceptors (Lipinski definition) is 3. The van der Waals surface area contributed by atoms with Crippen LogP contribution in [0.1, 0.15) is 13.8 Å². The minimum absolute atomic E-state index is 0.0854. The van der Waals surface area contributed by atoms with Gasteiger partial charge < -0.3 is 14.6 Å². The van der Waals surface area contributed by atoms with E-state index in [9.17, 15) is 17.6 Å². The van der Waals surface area contributed by atoms with Gasteiger partial charge in [-0.1, -0.05) is 0 Å². The Morgan fingerprint density at radius 1 is 1.19 bits per heavy atom. The van der Waals surface area contributed by atoms with Gasteiger partial charge in [0.15, 0.2) is 0 Å². The summed E-state index contributed by atoms with van der Waals surface area (Å²) >= 11 is 0. The molecule has 3 nitrogen and oxygen atoms in total. The lowest BCUT2D eigenvalue weighted by Crippen LogP contribution is -2.34. The Morgan fingerprint density at radius 3 is 2.19 bits per heavy atom. The van der Waals surface area contributed by atoms with Crippen LogP contribution in [0.2, 0.25) is 0 Å². The van der Waals surface area contributed by atoms with Crippen LogP contribution in [0.4, 0.5) is 17.6 Å². The summed E-state index contributed by atoms with van der Waals surface area (Å²) in [5, 5.41) is 9.15. The van der Waals surface area contributed by atoms with E-state index in [4.69, 9.17) is 9.84 Å². The minimum Gasteiger partial charge on any atom is -0.388 e. The second kappa shape index (κ2) is 7.03. The van der Waals surface area contributed by atoms with Crippen molar-refractivity contribution in [1.29, 1.82) is 0 Å². The molecule has 1 atom stereocenters. The molecule has 0 rings (SSSR count). The summed E-state index contributed by atoms with van der Waals surface area (Å²) in [6.07, 6.45) is -4.98. The van der Waals surface area contributed by atoms with Crippen LogP contribution in [0.15, 0.2) is 0 Å². The third-order valence-electron chi connectivity index (χ3n) is 1.55. The van der Waals surface area contributed by atoms with E-state index in [-0.39, 0.29) is 12.7 Å². The van der Waals surface area contributed by atoms with E-state index in [1.807, 2.05) is 0 Å². The predicted octanol–water partition coefficient (Wildman–Crippen LogP) is 1.69. The van der Waals surface area contributed by atoms with Gasteiger partial charge in [-0.3, -0.25) is 0 Å². The number of aliphatic hydroxyl groups excluding tert-OH is 1. The highest BCUT2D eigenvalue weighted by Gasteiger charge is 2.41. The summed E-state index contributed by atoms with van der Waals surface area (Å²) in [6, 6.07) is 0. The fourth-order valence-corrected chi connectivity index (χ4v) is 0.746. The molecule has 0 fully saturated rings. The number of halogens is 4.